The van der Waals surface area contributed by atoms with Crippen LogP contribution < -0.4 is 4.90 Å². The van der Waals surface area contributed by atoms with Gasteiger partial charge in [-0.3, -0.25) is 4.79 Å². The summed E-state index contributed by atoms with van der Waals surface area (Å²) >= 11 is 0. The number of ether oxygens (including phenoxy) is 2. The van der Waals surface area contributed by atoms with Crippen LogP contribution in [0.25, 0.3) is 0 Å². The minimum absolute atomic E-state index is 0.0468. The van der Waals surface area contributed by atoms with E-state index in [2.05, 4.69) is 28.7 Å². The van der Waals surface area contributed by atoms with Crippen LogP contribution in [0.4, 0.5) is 5.82 Å². The SMILES string of the molecule is Cc1nc(C(=O)N2CCOCC2)cc(N2CC(C)OC(C)C2)n1. The summed E-state index contributed by atoms with van der Waals surface area (Å²) in [6.07, 6.45) is 0.292. The van der Waals surface area contributed by atoms with Crippen LogP contribution >= 0.6 is 0 Å². The van der Waals surface area contributed by atoms with E-state index < -0.39 is 0 Å². The quantitative estimate of drug-likeness (QED) is 0.805. The molecule has 126 valence electrons. The van der Waals surface area contributed by atoms with E-state index in [1.165, 1.54) is 0 Å². The molecule has 2 aliphatic rings. The van der Waals surface area contributed by atoms with E-state index in [9.17, 15) is 4.79 Å². The molecule has 0 aliphatic carbocycles. The summed E-state index contributed by atoms with van der Waals surface area (Å²) in [5, 5.41) is 0. The monoisotopic (exact) mass is 320 g/mol. The van der Waals surface area contributed by atoms with Crippen LogP contribution in [0, 0.1) is 6.92 Å². The number of carbonyl (C=O) groups is 1. The molecule has 3 heterocycles. The zero-order valence-electron chi connectivity index (χ0n) is 14.0. The van der Waals surface area contributed by atoms with Gasteiger partial charge >= 0.3 is 0 Å². The van der Waals surface area contributed by atoms with Crippen molar-refractivity contribution in [3.05, 3.63) is 17.6 Å². The number of amides is 1. The van der Waals surface area contributed by atoms with E-state index in [0.717, 1.165) is 18.9 Å². The Morgan fingerprint density at radius 3 is 2.48 bits per heavy atom. The van der Waals surface area contributed by atoms with Gasteiger partial charge in [0.25, 0.3) is 5.91 Å². The second-order valence-electron chi connectivity index (χ2n) is 6.23. The number of rotatable bonds is 2. The summed E-state index contributed by atoms with van der Waals surface area (Å²) in [7, 11) is 0. The fraction of sp³-hybridized carbons (Fsp3) is 0.688. The average Bonchev–Trinajstić information content (AvgIpc) is 2.53. The molecule has 2 fully saturated rings. The van der Waals surface area contributed by atoms with Gasteiger partial charge in [-0.2, -0.15) is 0 Å². The number of carbonyl (C=O) groups excluding carboxylic acids is 1. The lowest BCUT2D eigenvalue weighted by Crippen LogP contribution is -2.46. The van der Waals surface area contributed by atoms with Gasteiger partial charge in [-0.1, -0.05) is 0 Å². The predicted molar refractivity (Wildman–Crippen MR) is 85.7 cm³/mol. The van der Waals surface area contributed by atoms with Crippen molar-refractivity contribution >= 4 is 11.7 Å². The Balaban J connectivity index is 1.82. The molecule has 7 nitrogen and oxygen atoms in total. The van der Waals surface area contributed by atoms with E-state index in [0.29, 0.717) is 37.8 Å². The number of hydrogen-bond acceptors (Lipinski definition) is 6. The molecular formula is C16H24N4O3. The topological polar surface area (TPSA) is 67.8 Å². The molecule has 0 spiro atoms. The maximum absolute atomic E-state index is 12.7. The second kappa shape index (κ2) is 6.80. The third-order valence-electron chi connectivity index (χ3n) is 4.09. The molecule has 0 radical (unpaired) electrons. The summed E-state index contributed by atoms with van der Waals surface area (Å²) in [6, 6.07) is 1.80. The third kappa shape index (κ3) is 3.79. The minimum Gasteiger partial charge on any atom is -0.378 e. The maximum atomic E-state index is 12.7. The minimum atomic E-state index is -0.0468. The molecule has 3 rings (SSSR count). The van der Waals surface area contributed by atoms with Crippen LogP contribution in [0.15, 0.2) is 6.07 Å². The molecule has 23 heavy (non-hydrogen) atoms. The van der Waals surface area contributed by atoms with E-state index in [1.54, 1.807) is 11.0 Å². The van der Waals surface area contributed by atoms with Crippen LogP contribution in [0.2, 0.25) is 0 Å². The molecule has 1 amide bonds. The fourth-order valence-corrected chi connectivity index (χ4v) is 3.12. The number of aromatic nitrogens is 2. The van der Waals surface area contributed by atoms with Crippen LogP contribution in [0.3, 0.4) is 0 Å². The summed E-state index contributed by atoms with van der Waals surface area (Å²) < 4.78 is 11.1. The van der Waals surface area contributed by atoms with E-state index in [4.69, 9.17) is 9.47 Å². The molecule has 1 aromatic rings. The summed E-state index contributed by atoms with van der Waals surface area (Å²) in [5.41, 5.74) is 0.459. The van der Waals surface area contributed by atoms with Crippen LogP contribution in [-0.2, 0) is 9.47 Å². The van der Waals surface area contributed by atoms with Gasteiger partial charge in [0.2, 0.25) is 0 Å². The van der Waals surface area contributed by atoms with Gasteiger partial charge in [0.15, 0.2) is 0 Å². The van der Waals surface area contributed by atoms with E-state index >= 15 is 0 Å². The molecular weight excluding hydrogens is 296 g/mol. The van der Waals surface area contributed by atoms with Crippen molar-refractivity contribution in [3.63, 3.8) is 0 Å². The Labute approximate surface area is 136 Å². The zero-order chi connectivity index (χ0) is 16.4. The smallest absolute Gasteiger partial charge is 0.272 e. The molecule has 2 unspecified atom stereocenters. The highest BCUT2D eigenvalue weighted by molar-refractivity contribution is 5.93. The first kappa shape index (κ1) is 16.1. The number of anilines is 1. The van der Waals surface area contributed by atoms with Crippen molar-refractivity contribution < 1.29 is 14.3 Å². The van der Waals surface area contributed by atoms with Crippen molar-refractivity contribution in [2.75, 3.05) is 44.3 Å². The Kier molecular flexibility index (Phi) is 4.77. The molecule has 2 atom stereocenters. The molecule has 0 aromatic carbocycles. The standard InChI is InChI=1S/C16H24N4O3/c1-11-9-20(10-12(2)23-11)15-8-14(17-13(3)18-15)16(21)19-4-6-22-7-5-19/h8,11-12H,4-7,9-10H2,1-3H3. The molecule has 1 aromatic heterocycles. The van der Waals surface area contributed by atoms with Crippen molar-refractivity contribution in [1.29, 1.82) is 0 Å². The van der Waals surface area contributed by atoms with Crippen molar-refractivity contribution in [1.82, 2.24) is 14.9 Å². The Morgan fingerprint density at radius 2 is 1.83 bits per heavy atom. The summed E-state index contributed by atoms with van der Waals surface area (Å²) in [4.78, 5) is 25.5. The van der Waals surface area contributed by atoms with Gasteiger partial charge in [-0.05, 0) is 20.8 Å². The molecule has 7 heteroatoms. The number of aryl methyl sites for hydroxylation is 1. The van der Waals surface area contributed by atoms with Gasteiger partial charge in [-0.15, -0.1) is 0 Å². The van der Waals surface area contributed by atoms with Crippen molar-refractivity contribution in [2.45, 2.75) is 33.0 Å². The second-order valence-corrected chi connectivity index (χ2v) is 6.23. The van der Waals surface area contributed by atoms with E-state index in [1.807, 2.05) is 6.92 Å². The van der Waals surface area contributed by atoms with Gasteiger partial charge in [-0.25, -0.2) is 9.97 Å². The van der Waals surface area contributed by atoms with Crippen LogP contribution in [0.5, 0.6) is 0 Å². The zero-order valence-corrected chi connectivity index (χ0v) is 14.0. The Morgan fingerprint density at radius 1 is 1.17 bits per heavy atom. The van der Waals surface area contributed by atoms with Gasteiger partial charge < -0.3 is 19.3 Å². The van der Waals surface area contributed by atoms with E-state index in [-0.39, 0.29) is 18.1 Å². The lowest BCUT2D eigenvalue weighted by atomic mass is 10.2. The Bertz CT molecular complexity index is 564. The predicted octanol–water partition coefficient (Wildman–Crippen LogP) is 0.871. The molecule has 2 saturated heterocycles. The van der Waals surface area contributed by atoms with Gasteiger partial charge in [0, 0.05) is 32.2 Å². The molecule has 0 bridgehead atoms. The van der Waals surface area contributed by atoms with Gasteiger partial charge in [0.05, 0.1) is 25.4 Å². The van der Waals surface area contributed by atoms with Crippen molar-refractivity contribution in [2.24, 2.45) is 0 Å². The summed E-state index contributed by atoms with van der Waals surface area (Å²) in [6.45, 7) is 9.87. The highest BCUT2D eigenvalue weighted by Gasteiger charge is 2.26. The Hall–Kier alpha value is -1.73. The normalized spacial score (nSPS) is 25.5. The molecule has 0 N–H and O–H groups in total. The molecule has 2 aliphatic heterocycles. The van der Waals surface area contributed by atoms with Crippen LogP contribution in [0.1, 0.15) is 30.2 Å². The third-order valence-corrected chi connectivity index (χ3v) is 4.09. The number of hydrogen-bond donors (Lipinski definition) is 0. The lowest BCUT2D eigenvalue weighted by Gasteiger charge is -2.36. The number of nitrogens with zero attached hydrogens (tertiary/aromatic N) is 4. The highest BCUT2D eigenvalue weighted by Crippen LogP contribution is 2.20. The summed E-state index contributed by atoms with van der Waals surface area (Å²) in [5.74, 6) is 1.37. The molecule has 0 saturated carbocycles. The first-order valence-corrected chi connectivity index (χ1v) is 8.16. The largest absolute Gasteiger partial charge is 0.378 e. The fourth-order valence-electron chi connectivity index (χ4n) is 3.12. The average molecular weight is 320 g/mol. The number of morpholine rings is 2. The van der Waals surface area contributed by atoms with Crippen LogP contribution in [-0.4, -0.2) is 72.4 Å². The van der Waals surface area contributed by atoms with Crippen molar-refractivity contribution in [3.8, 4) is 0 Å². The first-order chi connectivity index (χ1) is 11.0. The highest BCUT2D eigenvalue weighted by atomic mass is 16.5. The maximum Gasteiger partial charge on any atom is 0.272 e. The lowest BCUT2D eigenvalue weighted by molar-refractivity contribution is -0.00548. The van der Waals surface area contributed by atoms with Gasteiger partial charge in [0.1, 0.15) is 17.3 Å². The first-order valence-electron chi connectivity index (χ1n) is 8.16.